The molecule has 0 amide bonds. The number of esters is 1. The van der Waals surface area contributed by atoms with Crippen LogP contribution in [-0.4, -0.2) is 12.6 Å². The maximum atomic E-state index is 12.4. The largest absolute Gasteiger partial charge is 0.489 e. The van der Waals surface area contributed by atoms with Gasteiger partial charge in [0.25, 0.3) is 0 Å². The second-order valence-electron chi connectivity index (χ2n) is 6.93. The molecule has 2 aromatic rings. The van der Waals surface area contributed by atoms with Gasteiger partial charge in [-0.2, -0.15) is 0 Å². The Morgan fingerprint density at radius 1 is 1.12 bits per heavy atom. The van der Waals surface area contributed by atoms with Crippen LogP contribution in [0.4, 0.5) is 0 Å². The molecular formula is C22H27BrO3. The molecule has 4 heteroatoms. The van der Waals surface area contributed by atoms with Gasteiger partial charge in [0.15, 0.2) is 0 Å². The predicted molar refractivity (Wildman–Crippen MR) is 108 cm³/mol. The van der Waals surface area contributed by atoms with Gasteiger partial charge in [-0.3, -0.25) is 4.79 Å². The van der Waals surface area contributed by atoms with Crippen LogP contribution in [0.2, 0.25) is 0 Å². The summed E-state index contributed by atoms with van der Waals surface area (Å²) in [5.41, 5.74) is 3.26. The second kappa shape index (κ2) is 9.77. The van der Waals surface area contributed by atoms with Crippen molar-refractivity contribution in [2.75, 3.05) is 6.61 Å². The number of carbonyl (C=O) groups is 1. The lowest BCUT2D eigenvalue weighted by molar-refractivity contribution is -0.145. The molecule has 1 unspecified atom stereocenters. The first-order valence-corrected chi connectivity index (χ1v) is 9.83. The predicted octanol–water partition coefficient (Wildman–Crippen LogP) is 6.03. The molecule has 0 aliphatic heterocycles. The number of carbonyl (C=O) groups excluding carboxylic acids is 1. The summed E-state index contributed by atoms with van der Waals surface area (Å²) in [7, 11) is 0. The lowest BCUT2D eigenvalue weighted by Gasteiger charge is -2.19. The average Bonchev–Trinajstić information content (AvgIpc) is 2.58. The molecule has 3 nitrogen and oxygen atoms in total. The highest BCUT2D eigenvalue weighted by atomic mass is 79.9. The summed E-state index contributed by atoms with van der Waals surface area (Å²) in [6, 6.07) is 14.1. The molecule has 0 radical (unpaired) electrons. The monoisotopic (exact) mass is 418 g/mol. The zero-order valence-corrected chi connectivity index (χ0v) is 17.5. The van der Waals surface area contributed by atoms with Crippen molar-refractivity contribution in [3.63, 3.8) is 0 Å². The van der Waals surface area contributed by atoms with E-state index in [4.69, 9.17) is 9.47 Å². The molecule has 0 saturated heterocycles. The smallest absolute Gasteiger partial charge is 0.313 e. The van der Waals surface area contributed by atoms with E-state index in [9.17, 15) is 4.79 Å². The molecule has 2 aromatic carbocycles. The molecule has 0 fully saturated rings. The molecule has 0 bridgehead atoms. The minimum atomic E-state index is -0.283. The van der Waals surface area contributed by atoms with Crippen LogP contribution in [0.15, 0.2) is 46.9 Å². The Balaban J connectivity index is 2.20. The van der Waals surface area contributed by atoms with Gasteiger partial charge in [-0.15, -0.1) is 0 Å². The molecule has 0 N–H and O–H groups in total. The Kier molecular flexibility index (Phi) is 7.70. The number of benzene rings is 2. The van der Waals surface area contributed by atoms with E-state index in [2.05, 4.69) is 61.0 Å². The van der Waals surface area contributed by atoms with Crippen molar-refractivity contribution in [2.45, 2.75) is 46.6 Å². The molecule has 0 aliphatic rings. The van der Waals surface area contributed by atoms with Gasteiger partial charge >= 0.3 is 5.97 Å². The molecule has 2 rings (SSSR count). The fourth-order valence-corrected chi connectivity index (χ4v) is 3.29. The van der Waals surface area contributed by atoms with Crippen molar-refractivity contribution < 1.29 is 14.3 Å². The fraction of sp³-hybridized carbons (Fsp3) is 0.409. The maximum Gasteiger partial charge on any atom is 0.313 e. The summed E-state index contributed by atoms with van der Waals surface area (Å²) in [4.78, 5) is 12.4. The van der Waals surface area contributed by atoms with E-state index >= 15 is 0 Å². The Morgan fingerprint density at radius 3 is 2.42 bits per heavy atom. The first-order chi connectivity index (χ1) is 12.4. The van der Waals surface area contributed by atoms with Crippen molar-refractivity contribution in [2.24, 2.45) is 5.92 Å². The van der Waals surface area contributed by atoms with Crippen LogP contribution in [0.3, 0.4) is 0 Å². The van der Waals surface area contributed by atoms with E-state index in [1.165, 1.54) is 5.56 Å². The summed E-state index contributed by atoms with van der Waals surface area (Å²) < 4.78 is 12.1. The van der Waals surface area contributed by atoms with E-state index < -0.39 is 0 Å². The van der Waals surface area contributed by atoms with Gasteiger partial charge < -0.3 is 9.47 Å². The first kappa shape index (κ1) is 20.5. The summed E-state index contributed by atoms with van der Waals surface area (Å²) in [5, 5.41) is 0. The lowest BCUT2D eigenvalue weighted by Crippen LogP contribution is -2.18. The lowest BCUT2D eigenvalue weighted by atomic mass is 9.90. The zero-order valence-electron chi connectivity index (χ0n) is 15.9. The maximum absolute atomic E-state index is 12.4. The number of halogens is 1. The third kappa shape index (κ3) is 6.17. The molecule has 26 heavy (non-hydrogen) atoms. The highest BCUT2D eigenvalue weighted by molar-refractivity contribution is 9.10. The molecule has 0 aromatic heterocycles. The number of ether oxygens (including phenoxy) is 2. The standard InChI is InChI=1S/C22H27BrO3/c1-5-25-22(24)21(10-15(2)3)18-11-19(23)13-20(12-18)26-14-17-8-6-16(4)7-9-17/h6-9,11-13,15,21H,5,10,14H2,1-4H3. The van der Waals surface area contributed by atoms with Crippen LogP contribution in [0.1, 0.15) is 49.8 Å². The quantitative estimate of drug-likeness (QED) is 0.490. The normalized spacial score (nSPS) is 12.1. The van der Waals surface area contributed by atoms with E-state index in [0.29, 0.717) is 19.1 Å². The van der Waals surface area contributed by atoms with E-state index in [0.717, 1.165) is 27.8 Å². The van der Waals surface area contributed by atoms with Gasteiger partial charge in [-0.25, -0.2) is 0 Å². The van der Waals surface area contributed by atoms with Crippen molar-refractivity contribution in [1.29, 1.82) is 0 Å². The molecule has 1 atom stereocenters. The van der Waals surface area contributed by atoms with Crippen LogP contribution in [0.5, 0.6) is 5.75 Å². The number of hydrogen-bond donors (Lipinski definition) is 0. The summed E-state index contributed by atoms with van der Waals surface area (Å²) in [5.74, 6) is 0.672. The highest BCUT2D eigenvalue weighted by Gasteiger charge is 2.24. The minimum absolute atomic E-state index is 0.177. The number of aryl methyl sites for hydroxylation is 1. The molecule has 0 heterocycles. The van der Waals surface area contributed by atoms with Gasteiger partial charge in [0.1, 0.15) is 12.4 Å². The highest BCUT2D eigenvalue weighted by Crippen LogP contribution is 2.31. The van der Waals surface area contributed by atoms with Crippen LogP contribution in [0.25, 0.3) is 0 Å². The third-order valence-corrected chi connectivity index (χ3v) is 4.56. The van der Waals surface area contributed by atoms with E-state index in [1.807, 2.05) is 25.1 Å². The summed E-state index contributed by atoms with van der Waals surface area (Å²) >= 11 is 3.54. The zero-order chi connectivity index (χ0) is 19.1. The van der Waals surface area contributed by atoms with E-state index in [-0.39, 0.29) is 11.9 Å². The SMILES string of the molecule is CCOC(=O)C(CC(C)C)c1cc(Br)cc(OCc2ccc(C)cc2)c1. The van der Waals surface area contributed by atoms with Gasteiger partial charge in [0.05, 0.1) is 12.5 Å². The van der Waals surface area contributed by atoms with E-state index in [1.54, 1.807) is 0 Å². The van der Waals surface area contributed by atoms with Crippen molar-refractivity contribution in [3.05, 3.63) is 63.6 Å². The molecule has 140 valence electrons. The summed E-state index contributed by atoms with van der Waals surface area (Å²) in [6.07, 6.45) is 0.743. The van der Waals surface area contributed by atoms with Gasteiger partial charge in [-0.05, 0) is 55.5 Å². The van der Waals surface area contributed by atoms with Gasteiger partial charge in [0.2, 0.25) is 0 Å². The first-order valence-electron chi connectivity index (χ1n) is 9.04. The van der Waals surface area contributed by atoms with Crippen molar-refractivity contribution in [1.82, 2.24) is 0 Å². The Hall–Kier alpha value is -1.81. The average molecular weight is 419 g/mol. The topological polar surface area (TPSA) is 35.5 Å². The summed E-state index contributed by atoms with van der Waals surface area (Å²) in [6.45, 7) is 9.00. The van der Waals surface area contributed by atoms with Gasteiger partial charge in [-0.1, -0.05) is 59.6 Å². The Morgan fingerprint density at radius 2 is 1.81 bits per heavy atom. The number of hydrogen-bond acceptors (Lipinski definition) is 3. The Labute approximate surface area is 164 Å². The van der Waals surface area contributed by atoms with Crippen LogP contribution in [0, 0.1) is 12.8 Å². The fourth-order valence-electron chi connectivity index (χ4n) is 2.80. The molecule has 0 aliphatic carbocycles. The molecule has 0 spiro atoms. The minimum Gasteiger partial charge on any atom is -0.489 e. The van der Waals surface area contributed by atoms with Crippen molar-refractivity contribution in [3.8, 4) is 5.75 Å². The molecule has 0 saturated carbocycles. The Bertz CT molecular complexity index is 723. The second-order valence-corrected chi connectivity index (χ2v) is 7.84. The van der Waals surface area contributed by atoms with Crippen LogP contribution in [-0.2, 0) is 16.1 Å². The van der Waals surface area contributed by atoms with Crippen LogP contribution < -0.4 is 4.74 Å². The molecular weight excluding hydrogens is 392 g/mol. The van der Waals surface area contributed by atoms with Crippen molar-refractivity contribution >= 4 is 21.9 Å². The number of rotatable bonds is 8. The third-order valence-electron chi connectivity index (χ3n) is 4.10. The van der Waals surface area contributed by atoms with Gasteiger partial charge in [0, 0.05) is 4.47 Å². The van der Waals surface area contributed by atoms with Crippen LogP contribution >= 0.6 is 15.9 Å².